The number of piperidine rings is 1. The fourth-order valence-corrected chi connectivity index (χ4v) is 2.60. The molecule has 2 N–H and O–H groups in total. The predicted molar refractivity (Wildman–Crippen MR) is 74.4 cm³/mol. The Kier molecular flexibility index (Phi) is 4.27. The van der Waals surface area contributed by atoms with Gasteiger partial charge in [0.05, 0.1) is 0 Å². The molecule has 1 aliphatic heterocycles. The van der Waals surface area contributed by atoms with Crippen molar-refractivity contribution < 1.29 is 9.90 Å². The van der Waals surface area contributed by atoms with E-state index in [1.165, 1.54) is 18.6 Å². The number of anilines is 1. The average Bonchev–Trinajstić information content (AvgIpc) is 2.33. The molecule has 0 aromatic carbocycles. The number of hydrogen-bond acceptors (Lipinski definition) is 4. The Bertz CT molecular complexity index is 471. The van der Waals surface area contributed by atoms with Gasteiger partial charge in [-0.1, -0.05) is 18.0 Å². The smallest absolute Gasteiger partial charge is 0.339 e. The quantitative estimate of drug-likeness (QED) is 0.835. The Labute approximate surface area is 117 Å². The summed E-state index contributed by atoms with van der Waals surface area (Å²) in [6.45, 7) is 4.24. The molecular formula is C13H18ClN3O2. The third kappa shape index (κ3) is 3.16. The van der Waals surface area contributed by atoms with Gasteiger partial charge in [-0.3, -0.25) is 0 Å². The van der Waals surface area contributed by atoms with Crippen molar-refractivity contribution >= 4 is 23.4 Å². The number of carbonyl (C=O) groups is 1. The standard InChI is InChI=1S/C13H18ClN3O2/c1-8-4-3-5-9(2)17(8)16-12-10(13(18)19)6-7-11(14)15-12/h6-9H,3-5H2,1-2H3,(H,15,16)(H,18,19). The molecule has 104 valence electrons. The number of halogens is 1. The fraction of sp³-hybridized carbons (Fsp3) is 0.538. The molecule has 0 amide bonds. The van der Waals surface area contributed by atoms with Crippen LogP contribution in [0.3, 0.4) is 0 Å². The molecular weight excluding hydrogens is 266 g/mol. The summed E-state index contributed by atoms with van der Waals surface area (Å²) >= 11 is 5.85. The van der Waals surface area contributed by atoms with E-state index in [9.17, 15) is 9.90 Å². The van der Waals surface area contributed by atoms with Gasteiger partial charge in [0, 0.05) is 12.1 Å². The van der Waals surface area contributed by atoms with E-state index in [1.54, 1.807) is 0 Å². The molecule has 19 heavy (non-hydrogen) atoms. The highest BCUT2D eigenvalue weighted by atomic mass is 35.5. The van der Waals surface area contributed by atoms with Crippen LogP contribution in [0, 0.1) is 0 Å². The fourth-order valence-electron chi connectivity index (χ4n) is 2.46. The van der Waals surface area contributed by atoms with Crippen molar-refractivity contribution in [1.29, 1.82) is 0 Å². The lowest BCUT2D eigenvalue weighted by atomic mass is 10.00. The van der Waals surface area contributed by atoms with Gasteiger partial charge in [0.2, 0.25) is 0 Å². The number of aromatic carboxylic acids is 1. The molecule has 0 bridgehead atoms. The van der Waals surface area contributed by atoms with E-state index in [2.05, 4.69) is 29.3 Å². The number of pyridine rings is 1. The Balaban J connectivity index is 2.26. The first-order chi connectivity index (χ1) is 8.99. The Hall–Kier alpha value is -1.33. The minimum Gasteiger partial charge on any atom is -0.478 e. The molecule has 2 rings (SSSR count). The van der Waals surface area contributed by atoms with Gasteiger partial charge in [0.25, 0.3) is 0 Å². The van der Waals surface area contributed by atoms with E-state index in [-0.39, 0.29) is 10.7 Å². The van der Waals surface area contributed by atoms with E-state index < -0.39 is 5.97 Å². The second kappa shape index (κ2) is 5.75. The van der Waals surface area contributed by atoms with Crippen molar-refractivity contribution in [2.75, 3.05) is 5.43 Å². The normalized spacial score (nSPS) is 24.2. The van der Waals surface area contributed by atoms with Gasteiger partial charge in [-0.05, 0) is 38.8 Å². The molecule has 0 radical (unpaired) electrons. The van der Waals surface area contributed by atoms with E-state index in [4.69, 9.17) is 11.6 Å². The van der Waals surface area contributed by atoms with E-state index >= 15 is 0 Å². The zero-order valence-corrected chi connectivity index (χ0v) is 11.8. The predicted octanol–water partition coefficient (Wildman–Crippen LogP) is 3.02. The van der Waals surface area contributed by atoms with Crippen LogP contribution in [0.5, 0.6) is 0 Å². The molecule has 1 fully saturated rings. The minimum atomic E-state index is -1.01. The first-order valence-corrected chi connectivity index (χ1v) is 6.81. The summed E-state index contributed by atoms with van der Waals surface area (Å²) in [5.41, 5.74) is 3.26. The van der Waals surface area contributed by atoms with Crippen LogP contribution < -0.4 is 5.43 Å². The molecule has 1 aromatic heterocycles. The van der Waals surface area contributed by atoms with Gasteiger partial charge in [-0.2, -0.15) is 0 Å². The average molecular weight is 284 g/mol. The number of hydrazine groups is 1. The van der Waals surface area contributed by atoms with Gasteiger partial charge in [0.1, 0.15) is 10.7 Å². The van der Waals surface area contributed by atoms with Crippen LogP contribution in [0.1, 0.15) is 43.5 Å². The highest BCUT2D eigenvalue weighted by Crippen LogP contribution is 2.25. The lowest BCUT2D eigenvalue weighted by molar-refractivity contribution is 0.0695. The van der Waals surface area contributed by atoms with E-state index in [1.807, 2.05) is 0 Å². The van der Waals surface area contributed by atoms with Crippen LogP contribution in [0.2, 0.25) is 5.15 Å². The summed E-state index contributed by atoms with van der Waals surface area (Å²) in [7, 11) is 0. The maximum absolute atomic E-state index is 11.2. The first kappa shape index (κ1) is 14.1. The Morgan fingerprint density at radius 1 is 1.42 bits per heavy atom. The van der Waals surface area contributed by atoms with Crippen molar-refractivity contribution in [2.45, 2.75) is 45.2 Å². The summed E-state index contributed by atoms with van der Waals surface area (Å²) in [6.07, 6.45) is 3.36. The summed E-state index contributed by atoms with van der Waals surface area (Å²) in [5.74, 6) is -0.704. The number of aromatic nitrogens is 1. The second-order valence-corrected chi connectivity index (χ2v) is 5.37. The van der Waals surface area contributed by atoms with Crippen molar-refractivity contribution in [3.63, 3.8) is 0 Å². The summed E-state index contributed by atoms with van der Waals surface area (Å²) < 4.78 is 0. The van der Waals surface area contributed by atoms with Crippen molar-refractivity contribution in [3.05, 3.63) is 22.8 Å². The van der Waals surface area contributed by atoms with Crippen LogP contribution in [0.4, 0.5) is 5.82 Å². The lowest BCUT2D eigenvalue weighted by Gasteiger charge is -2.39. The third-order valence-electron chi connectivity index (χ3n) is 3.52. The zero-order valence-electron chi connectivity index (χ0n) is 11.1. The molecule has 5 nitrogen and oxygen atoms in total. The van der Waals surface area contributed by atoms with Gasteiger partial charge >= 0.3 is 5.97 Å². The monoisotopic (exact) mass is 283 g/mol. The molecule has 2 heterocycles. The number of hydrogen-bond donors (Lipinski definition) is 2. The van der Waals surface area contributed by atoms with E-state index in [0.29, 0.717) is 17.9 Å². The highest BCUT2D eigenvalue weighted by Gasteiger charge is 2.26. The van der Waals surface area contributed by atoms with Crippen LogP contribution in [-0.2, 0) is 0 Å². The van der Waals surface area contributed by atoms with Crippen LogP contribution in [0.15, 0.2) is 12.1 Å². The molecule has 0 aliphatic carbocycles. The zero-order chi connectivity index (χ0) is 14.0. The number of carboxylic acids is 1. The molecule has 2 unspecified atom stereocenters. The molecule has 2 atom stereocenters. The van der Waals surface area contributed by atoms with Crippen LogP contribution in [0.25, 0.3) is 0 Å². The summed E-state index contributed by atoms with van der Waals surface area (Å²) in [4.78, 5) is 15.3. The first-order valence-electron chi connectivity index (χ1n) is 6.44. The maximum Gasteiger partial charge on any atom is 0.339 e. The molecule has 6 heteroatoms. The third-order valence-corrected chi connectivity index (χ3v) is 3.73. The number of rotatable bonds is 3. The van der Waals surface area contributed by atoms with Gasteiger partial charge in [-0.15, -0.1) is 0 Å². The molecule has 1 saturated heterocycles. The Morgan fingerprint density at radius 3 is 2.63 bits per heavy atom. The minimum absolute atomic E-state index is 0.134. The lowest BCUT2D eigenvalue weighted by Crippen LogP contribution is -2.47. The van der Waals surface area contributed by atoms with Crippen molar-refractivity contribution in [1.82, 2.24) is 9.99 Å². The largest absolute Gasteiger partial charge is 0.478 e. The molecule has 0 spiro atoms. The van der Waals surface area contributed by atoms with Crippen molar-refractivity contribution in [2.24, 2.45) is 0 Å². The molecule has 1 aromatic rings. The van der Waals surface area contributed by atoms with Gasteiger partial charge in [-0.25, -0.2) is 14.8 Å². The molecule has 1 aliphatic rings. The summed E-state index contributed by atoms with van der Waals surface area (Å²) in [5, 5.41) is 11.5. The highest BCUT2D eigenvalue weighted by molar-refractivity contribution is 6.29. The van der Waals surface area contributed by atoms with E-state index in [0.717, 1.165) is 12.8 Å². The van der Waals surface area contributed by atoms with Crippen LogP contribution >= 0.6 is 11.6 Å². The number of carboxylic acid groups (broad SMARTS) is 1. The number of nitrogens with zero attached hydrogens (tertiary/aromatic N) is 2. The Morgan fingerprint density at radius 2 is 2.05 bits per heavy atom. The summed E-state index contributed by atoms with van der Waals surface area (Å²) in [6, 6.07) is 3.63. The van der Waals surface area contributed by atoms with Crippen LogP contribution in [-0.4, -0.2) is 33.2 Å². The SMILES string of the molecule is CC1CCCC(C)N1Nc1nc(Cl)ccc1C(=O)O. The molecule has 0 saturated carbocycles. The number of nitrogens with one attached hydrogen (secondary N) is 1. The van der Waals surface area contributed by atoms with Gasteiger partial charge < -0.3 is 10.5 Å². The topological polar surface area (TPSA) is 65.5 Å². The second-order valence-electron chi connectivity index (χ2n) is 4.98. The van der Waals surface area contributed by atoms with Gasteiger partial charge in [0.15, 0.2) is 5.82 Å². The van der Waals surface area contributed by atoms with Crippen molar-refractivity contribution in [3.8, 4) is 0 Å². The maximum atomic E-state index is 11.2.